The lowest BCUT2D eigenvalue weighted by atomic mass is 10.1. The topological polar surface area (TPSA) is 103 Å². The molecule has 0 aromatic carbocycles. The van der Waals surface area contributed by atoms with Gasteiger partial charge in [-0.15, -0.1) is 0 Å². The van der Waals surface area contributed by atoms with Crippen LogP contribution in [0.1, 0.15) is 6.92 Å². The molecule has 0 spiro atoms. The second-order valence-electron chi connectivity index (χ2n) is 6.21. The molecule has 4 N–H and O–H groups in total. The van der Waals surface area contributed by atoms with Crippen LogP contribution in [-0.4, -0.2) is 48.3 Å². The molecule has 1 aliphatic heterocycles. The number of nitrogens with two attached hydrogens (primary N) is 2. The minimum atomic E-state index is -0.112. The van der Waals surface area contributed by atoms with E-state index in [4.69, 9.17) is 16.2 Å². The highest BCUT2D eigenvalue weighted by Gasteiger charge is 2.21. The van der Waals surface area contributed by atoms with Crippen molar-refractivity contribution in [3.05, 3.63) is 24.4 Å². The summed E-state index contributed by atoms with van der Waals surface area (Å²) in [4.78, 5) is 11.0. The second-order valence-corrected chi connectivity index (χ2v) is 7.94. The lowest BCUT2D eigenvalue weighted by Gasteiger charge is -2.35. The van der Waals surface area contributed by atoms with E-state index in [0.29, 0.717) is 36.6 Å². The van der Waals surface area contributed by atoms with Crippen molar-refractivity contribution in [2.45, 2.75) is 13.0 Å². The predicted octanol–water partition coefficient (Wildman–Crippen LogP) is 2.23. The largest absolute Gasteiger partial charge is 0.395 e. The van der Waals surface area contributed by atoms with Gasteiger partial charge in [-0.1, -0.05) is 10.7 Å². The molecule has 2 aromatic heterocycles. The number of nitrogens with zero attached hydrogens (tertiary/aromatic N) is 4. The summed E-state index contributed by atoms with van der Waals surface area (Å²) in [5.74, 6) is 1.02. The summed E-state index contributed by atoms with van der Waals surface area (Å²) in [6, 6.07) is 6.19. The van der Waals surface area contributed by atoms with Gasteiger partial charge in [0.15, 0.2) is 5.82 Å². The average Bonchev–Trinajstić information content (AvgIpc) is 2.57. The Morgan fingerprint density at radius 2 is 2.12 bits per heavy atom. The molecule has 0 saturated carbocycles. The number of aromatic nitrogens is 2. The van der Waals surface area contributed by atoms with E-state index in [1.54, 1.807) is 6.20 Å². The Labute approximate surface area is 150 Å². The maximum absolute atomic E-state index is 6.13. The van der Waals surface area contributed by atoms with E-state index >= 15 is 0 Å². The van der Waals surface area contributed by atoms with Crippen molar-refractivity contribution in [2.75, 3.05) is 48.6 Å². The first-order valence-corrected chi connectivity index (χ1v) is 10.1. The molecule has 0 amide bonds. The Morgan fingerprint density at radius 1 is 1.32 bits per heavy atom. The molecule has 8 heteroatoms. The third-order valence-corrected chi connectivity index (χ3v) is 4.62. The van der Waals surface area contributed by atoms with E-state index in [2.05, 4.69) is 38.7 Å². The van der Waals surface area contributed by atoms with Crippen LogP contribution in [0.15, 0.2) is 28.8 Å². The molecule has 1 unspecified atom stereocenters. The van der Waals surface area contributed by atoms with E-state index in [-0.39, 0.29) is 10.7 Å². The minimum Gasteiger partial charge on any atom is -0.395 e. The fourth-order valence-electron chi connectivity index (χ4n) is 2.86. The lowest BCUT2D eigenvalue weighted by molar-refractivity contribution is 0.0989. The van der Waals surface area contributed by atoms with Crippen LogP contribution in [0.25, 0.3) is 11.3 Å². The molecule has 0 bridgehead atoms. The average molecular weight is 360 g/mol. The van der Waals surface area contributed by atoms with Gasteiger partial charge in [-0.2, -0.15) is 0 Å². The SMILES string of the molecule is CC1COCCN1c1cc(N=S(C)C)nc(-c2ccnc(N)c2N)c1. The molecule has 3 rings (SSSR count). The van der Waals surface area contributed by atoms with E-state index in [0.717, 1.165) is 23.5 Å². The molecular weight excluding hydrogens is 336 g/mol. The van der Waals surface area contributed by atoms with Crippen molar-refractivity contribution in [3.63, 3.8) is 0 Å². The molecule has 3 heterocycles. The zero-order chi connectivity index (χ0) is 18.0. The molecule has 1 aliphatic rings. The Hall–Kier alpha value is -2.19. The van der Waals surface area contributed by atoms with Gasteiger partial charge in [0, 0.05) is 36.1 Å². The summed E-state index contributed by atoms with van der Waals surface area (Å²) in [7, 11) is -0.112. The standard InChI is InChI=1S/C17H24N6OS/c1-11-10-24-7-6-23(11)12-8-14(21-15(9-12)22-25(2)3)13-4-5-20-17(19)16(13)18/h4-5,8-9,11H,6-7,10,18H2,1-3H3,(H2,19,20). The van der Waals surface area contributed by atoms with Gasteiger partial charge in [0.2, 0.25) is 0 Å². The molecule has 0 aliphatic carbocycles. The van der Waals surface area contributed by atoms with Crippen LogP contribution in [0.4, 0.5) is 23.0 Å². The summed E-state index contributed by atoms with van der Waals surface area (Å²) in [6.07, 6.45) is 5.77. The highest BCUT2D eigenvalue weighted by molar-refractivity contribution is 7.85. The molecular formula is C17H24N6OS. The molecule has 25 heavy (non-hydrogen) atoms. The van der Waals surface area contributed by atoms with Crippen molar-refractivity contribution < 1.29 is 4.74 Å². The van der Waals surface area contributed by atoms with E-state index < -0.39 is 0 Å². The van der Waals surface area contributed by atoms with Crippen LogP contribution < -0.4 is 16.4 Å². The van der Waals surface area contributed by atoms with Crippen LogP contribution in [0.2, 0.25) is 0 Å². The number of ether oxygens (including phenoxy) is 1. The van der Waals surface area contributed by atoms with Gasteiger partial charge in [-0.05, 0) is 31.6 Å². The first-order chi connectivity index (χ1) is 12.0. The maximum Gasteiger partial charge on any atom is 0.161 e. The zero-order valence-electron chi connectivity index (χ0n) is 14.8. The van der Waals surface area contributed by atoms with Crippen molar-refractivity contribution in [1.29, 1.82) is 0 Å². The van der Waals surface area contributed by atoms with E-state index in [9.17, 15) is 0 Å². The fourth-order valence-corrected chi connectivity index (χ4v) is 3.33. The van der Waals surface area contributed by atoms with Gasteiger partial charge in [0.25, 0.3) is 0 Å². The van der Waals surface area contributed by atoms with Gasteiger partial charge in [0.1, 0.15) is 5.82 Å². The van der Waals surface area contributed by atoms with Crippen molar-refractivity contribution in [3.8, 4) is 11.3 Å². The number of pyridine rings is 2. The summed E-state index contributed by atoms with van der Waals surface area (Å²) >= 11 is 0. The Morgan fingerprint density at radius 3 is 2.84 bits per heavy atom. The van der Waals surface area contributed by atoms with Crippen LogP contribution in [0, 0.1) is 0 Å². The number of nitrogen functional groups attached to an aromatic ring is 2. The summed E-state index contributed by atoms with van der Waals surface area (Å²) in [5.41, 5.74) is 15.0. The first-order valence-electron chi connectivity index (χ1n) is 8.12. The number of rotatable bonds is 3. The third kappa shape index (κ3) is 3.91. The first kappa shape index (κ1) is 17.6. The van der Waals surface area contributed by atoms with Gasteiger partial charge in [0.05, 0.1) is 24.6 Å². The molecule has 1 saturated heterocycles. The number of hydrogen-bond acceptors (Lipinski definition) is 7. The normalized spacial score (nSPS) is 17.8. The Bertz CT molecular complexity index is 806. The summed E-state index contributed by atoms with van der Waals surface area (Å²) in [6.45, 7) is 4.41. The minimum absolute atomic E-state index is 0.112. The van der Waals surface area contributed by atoms with Crippen molar-refractivity contribution in [1.82, 2.24) is 9.97 Å². The maximum atomic E-state index is 6.13. The molecule has 134 valence electrons. The highest BCUT2D eigenvalue weighted by atomic mass is 32.2. The van der Waals surface area contributed by atoms with Gasteiger partial charge >= 0.3 is 0 Å². The molecule has 2 aromatic rings. The molecule has 1 fully saturated rings. The van der Waals surface area contributed by atoms with Gasteiger partial charge in [-0.3, -0.25) is 0 Å². The van der Waals surface area contributed by atoms with E-state index in [1.165, 1.54) is 0 Å². The third-order valence-electron chi connectivity index (χ3n) is 4.07. The molecule has 1 atom stereocenters. The summed E-state index contributed by atoms with van der Waals surface area (Å²) in [5, 5.41) is 0. The second kappa shape index (κ2) is 7.37. The zero-order valence-corrected chi connectivity index (χ0v) is 15.6. The fraction of sp³-hybridized carbons (Fsp3) is 0.412. The quantitative estimate of drug-likeness (QED) is 0.870. The van der Waals surface area contributed by atoms with E-state index in [1.807, 2.05) is 18.2 Å². The van der Waals surface area contributed by atoms with Crippen LogP contribution >= 0.6 is 0 Å². The molecule has 0 radical (unpaired) electrons. The van der Waals surface area contributed by atoms with Gasteiger partial charge < -0.3 is 21.1 Å². The summed E-state index contributed by atoms with van der Waals surface area (Å²) < 4.78 is 10.2. The Balaban J connectivity index is 2.13. The lowest BCUT2D eigenvalue weighted by Crippen LogP contribution is -2.43. The Kier molecular flexibility index (Phi) is 5.19. The van der Waals surface area contributed by atoms with Crippen molar-refractivity contribution in [2.24, 2.45) is 4.36 Å². The number of morpholine rings is 1. The smallest absolute Gasteiger partial charge is 0.161 e. The predicted molar refractivity (Wildman–Crippen MR) is 105 cm³/mol. The monoisotopic (exact) mass is 360 g/mol. The van der Waals surface area contributed by atoms with Gasteiger partial charge in [-0.25, -0.2) is 14.3 Å². The van der Waals surface area contributed by atoms with Crippen molar-refractivity contribution >= 4 is 33.7 Å². The van der Waals surface area contributed by atoms with Crippen LogP contribution in [0.5, 0.6) is 0 Å². The highest BCUT2D eigenvalue weighted by Crippen LogP contribution is 2.33. The van der Waals surface area contributed by atoms with Crippen LogP contribution in [-0.2, 0) is 15.4 Å². The molecule has 7 nitrogen and oxygen atoms in total. The number of anilines is 3. The number of hydrogen-bond donors (Lipinski definition) is 2. The van der Waals surface area contributed by atoms with Crippen LogP contribution in [0.3, 0.4) is 0 Å².